The lowest BCUT2D eigenvalue weighted by Gasteiger charge is -2.14. The van der Waals surface area contributed by atoms with E-state index in [0.29, 0.717) is 11.3 Å². The van der Waals surface area contributed by atoms with Gasteiger partial charge in [-0.2, -0.15) is 0 Å². The predicted octanol–water partition coefficient (Wildman–Crippen LogP) is 2.69. The van der Waals surface area contributed by atoms with Crippen LogP contribution in [-0.4, -0.2) is 5.91 Å². The fourth-order valence-electron chi connectivity index (χ4n) is 2.63. The number of anilines is 1. The zero-order valence-electron chi connectivity index (χ0n) is 10.6. The summed E-state index contributed by atoms with van der Waals surface area (Å²) >= 11 is 0. The predicted molar refractivity (Wildman–Crippen MR) is 75.8 cm³/mol. The summed E-state index contributed by atoms with van der Waals surface area (Å²) in [5.74, 6) is -0.0611. The molecule has 1 aliphatic rings. The number of amides is 1. The molecule has 1 unspecified atom stereocenters. The maximum absolute atomic E-state index is 12.2. The van der Waals surface area contributed by atoms with E-state index in [4.69, 9.17) is 5.73 Å². The Bertz CT molecular complexity index is 622. The second-order valence-electron chi connectivity index (χ2n) is 4.89. The van der Waals surface area contributed by atoms with Crippen molar-refractivity contribution in [3.8, 4) is 0 Å². The van der Waals surface area contributed by atoms with Crippen LogP contribution in [-0.2, 0) is 6.42 Å². The molecule has 96 valence electrons. The maximum Gasteiger partial charge on any atom is 0.251 e. The Labute approximate surface area is 112 Å². The van der Waals surface area contributed by atoms with Gasteiger partial charge in [0.15, 0.2) is 0 Å². The fourth-order valence-corrected chi connectivity index (χ4v) is 2.63. The monoisotopic (exact) mass is 252 g/mol. The quantitative estimate of drug-likeness (QED) is 0.807. The molecule has 1 aliphatic carbocycles. The Morgan fingerprint density at radius 3 is 2.84 bits per heavy atom. The highest BCUT2D eigenvalue weighted by Crippen LogP contribution is 2.30. The molecule has 1 atom stereocenters. The van der Waals surface area contributed by atoms with Gasteiger partial charge < -0.3 is 11.1 Å². The van der Waals surface area contributed by atoms with Crippen LogP contribution in [0.25, 0.3) is 0 Å². The van der Waals surface area contributed by atoms with Crippen LogP contribution in [0.1, 0.15) is 33.9 Å². The van der Waals surface area contributed by atoms with Crippen LogP contribution in [0, 0.1) is 0 Å². The highest BCUT2D eigenvalue weighted by atomic mass is 16.1. The fraction of sp³-hybridized carbons (Fsp3) is 0.188. The second-order valence-corrected chi connectivity index (χ2v) is 4.89. The van der Waals surface area contributed by atoms with Gasteiger partial charge in [0, 0.05) is 11.3 Å². The van der Waals surface area contributed by atoms with Crippen LogP contribution in [0.2, 0.25) is 0 Å². The van der Waals surface area contributed by atoms with Crippen LogP contribution in [0.15, 0.2) is 48.5 Å². The number of carbonyl (C=O) groups excluding carboxylic acids is 1. The van der Waals surface area contributed by atoms with Gasteiger partial charge in [0.1, 0.15) is 0 Å². The molecule has 3 rings (SSSR count). The molecule has 0 saturated heterocycles. The van der Waals surface area contributed by atoms with E-state index in [9.17, 15) is 4.79 Å². The van der Waals surface area contributed by atoms with Crippen molar-refractivity contribution in [2.45, 2.75) is 18.9 Å². The standard InChI is InChI=1S/C16H16N2O/c17-13-6-3-5-12(10-13)16(19)18-15-9-8-11-4-1-2-7-14(11)15/h1-7,10,15H,8-9,17H2,(H,18,19). The second kappa shape index (κ2) is 4.76. The molecule has 0 heterocycles. The van der Waals surface area contributed by atoms with E-state index in [2.05, 4.69) is 17.4 Å². The molecule has 1 amide bonds. The van der Waals surface area contributed by atoms with Crippen LogP contribution in [0.4, 0.5) is 5.69 Å². The number of nitrogen functional groups attached to an aromatic ring is 1. The van der Waals surface area contributed by atoms with Crippen molar-refractivity contribution in [1.82, 2.24) is 5.32 Å². The third-order valence-corrected chi connectivity index (χ3v) is 3.59. The van der Waals surface area contributed by atoms with Crippen molar-refractivity contribution in [2.75, 3.05) is 5.73 Å². The molecule has 2 aromatic carbocycles. The SMILES string of the molecule is Nc1cccc(C(=O)NC2CCc3ccccc32)c1. The van der Waals surface area contributed by atoms with Crippen molar-refractivity contribution < 1.29 is 4.79 Å². The third-order valence-electron chi connectivity index (χ3n) is 3.59. The maximum atomic E-state index is 12.2. The molecule has 3 heteroatoms. The highest BCUT2D eigenvalue weighted by Gasteiger charge is 2.23. The van der Waals surface area contributed by atoms with Gasteiger partial charge in [0.2, 0.25) is 0 Å². The zero-order valence-corrected chi connectivity index (χ0v) is 10.6. The van der Waals surface area contributed by atoms with Crippen molar-refractivity contribution in [3.63, 3.8) is 0 Å². The van der Waals surface area contributed by atoms with Crippen LogP contribution < -0.4 is 11.1 Å². The molecule has 2 aromatic rings. The van der Waals surface area contributed by atoms with Gasteiger partial charge in [-0.3, -0.25) is 4.79 Å². The van der Waals surface area contributed by atoms with Crippen LogP contribution in [0.5, 0.6) is 0 Å². The third kappa shape index (κ3) is 2.32. The molecule has 3 nitrogen and oxygen atoms in total. The van der Waals surface area contributed by atoms with Crippen molar-refractivity contribution in [2.24, 2.45) is 0 Å². The Balaban J connectivity index is 1.78. The topological polar surface area (TPSA) is 55.1 Å². The summed E-state index contributed by atoms with van der Waals surface area (Å²) < 4.78 is 0. The highest BCUT2D eigenvalue weighted by molar-refractivity contribution is 5.95. The van der Waals surface area contributed by atoms with E-state index in [1.54, 1.807) is 24.3 Å². The summed E-state index contributed by atoms with van der Waals surface area (Å²) in [4.78, 5) is 12.2. The summed E-state index contributed by atoms with van der Waals surface area (Å²) in [5.41, 5.74) is 9.50. The number of fused-ring (bicyclic) bond motifs is 1. The largest absolute Gasteiger partial charge is 0.399 e. The minimum Gasteiger partial charge on any atom is -0.399 e. The lowest BCUT2D eigenvalue weighted by Crippen LogP contribution is -2.27. The smallest absolute Gasteiger partial charge is 0.251 e. The molecule has 0 fully saturated rings. The zero-order chi connectivity index (χ0) is 13.2. The van der Waals surface area contributed by atoms with Gasteiger partial charge >= 0.3 is 0 Å². The number of hydrogen-bond donors (Lipinski definition) is 2. The lowest BCUT2D eigenvalue weighted by molar-refractivity contribution is 0.0937. The lowest BCUT2D eigenvalue weighted by atomic mass is 10.1. The van der Waals surface area contributed by atoms with E-state index in [1.807, 2.05) is 12.1 Å². The molecule has 0 aliphatic heterocycles. The van der Waals surface area contributed by atoms with Gasteiger partial charge in [-0.25, -0.2) is 0 Å². The number of carbonyl (C=O) groups is 1. The van der Waals surface area contributed by atoms with E-state index in [0.717, 1.165) is 12.8 Å². The minimum absolute atomic E-state index is 0.0611. The van der Waals surface area contributed by atoms with Crippen LogP contribution in [0.3, 0.4) is 0 Å². The van der Waals surface area contributed by atoms with Gasteiger partial charge in [-0.15, -0.1) is 0 Å². The van der Waals surface area contributed by atoms with E-state index < -0.39 is 0 Å². The van der Waals surface area contributed by atoms with Crippen LogP contribution >= 0.6 is 0 Å². The summed E-state index contributed by atoms with van der Waals surface area (Å²) in [6.45, 7) is 0. The number of benzene rings is 2. The van der Waals surface area contributed by atoms with Crippen molar-refractivity contribution in [1.29, 1.82) is 0 Å². The Morgan fingerprint density at radius 2 is 2.00 bits per heavy atom. The Hall–Kier alpha value is -2.29. The first-order valence-corrected chi connectivity index (χ1v) is 6.48. The summed E-state index contributed by atoms with van der Waals surface area (Å²) in [7, 11) is 0. The Morgan fingerprint density at radius 1 is 1.16 bits per heavy atom. The number of nitrogens with two attached hydrogens (primary N) is 1. The summed E-state index contributed by atoms with van der Waals surface area (Å²) in [5, 5.41) is 3.08. The molecule has 0 radical (unpaired) electrons. The molecule has 3 N–H and O–H groups in total. The first kappa shape index (κ1) is 11.8. The van der Waals surface area contributed by atoms with Crippen molar-refractivity contribution in [3.05, 3.63) is 65.2 Å². The number of aryl methyl sites for hydroxylation is 1. The first-order valence-electron chi connectivity index (χ1n) is 6.48. The molecule has 0 bridgehead atoms. The molecule has 0 saturated carbocycles. The van der Waals surface area contributed by atoms with E-state index in [-0.39, 0.29) is 11.9 Å². The minimum atomic E-state index is -0.0611. The molecular weight excluding hydrogens is 236 g/mol. The Kier molecular flexibility index (Phi) is 2.95. The number of hydrogen-bond acceptors (Lipinski definition) is 2. The number of rotatable bonds is 2. The summed E-state index contributed by atoms with van der Waals surface area (Å²) in [6, 6.07) is 15.5. The molecule has 0 spiro atoms. The molecule has 0 aromatic heterocycles. The van der Waals surface area contributed by atoms with Gasteiger partial charge in [-0.1, -0.05) is 30.3 Å². The van der Waals surface area contributed by atoms with Crippen molar-refractivity contribution >= 4 is 11.6 Å². The molecule has 19 heavy (non-hydrogen) atoms. The van der Waals surface area contributed by atoms with Gasteiger partial charge in [0.25, 0.3) is 5.91 Å². The average molecular weight is 252 g/mol. The van der Waals surface area contributed by atoms with Gasteiger partial charge in [0.05, 0.1) is 6.04 Å². The van der Waals surface area contributed by atoms with E-state index >= 15 is 0 Å². The first-order chi connectivity index (χ1) is 9.24. The summed E-state index contributed by atoms with van der Waals surface area (Å²) in [6.07, 6.45) is 1.99. The average Bonchev–Trinajstić information content (AvgIpc) is 2.82. The normalized spacial score (nSPS) is 16.9. The van der Waals surface area contributed by atoms with Gasteiger partial charge in [-0.05, 0) is 42.2 Å². The van der Waals surface area contributed by atoms with E-state index in [1.165, 1.54) is 11.1 Å². The molecular formula is C16H16N2O. The number of nitrogens with one attached hydrogen (secondary N) is 1.